The number of ether oxygens (including phenoxy) is 1. The van der Waals surface area contributed by atoms with Crippen molar-refractivity contribution in [2.24, 2.45) is 0 Å². The Hall–Kier alpha value is -2.43. The maximum absolute atomic E-state index is 12.9. The molecule has 0 aliphatic carbocycles. The summed E-state index contributed by atoms with van der Waals surface area (Å²) in [6.45, 7) is 0.118. The van der Waals surface area contributed by atoms with Crippen LogP contribution >= 0.6 is 21.6 Å². The second kappa shape index (κ2) is 13.1. The maximum Gasteiger partial charge on any atom is 0.490 e. The maximum atomic E-state index is 12.9. The van der Waals surface area contributed by atoms with Gasteiger partial charge in [0.2, 0.25) is 0 Å². The number of amides is 1. The zero-order valence-corrected chi connectivity index (χ0v) is 17.0. The topological polar surface area (TPSA) is 139 Å². The van der Waals surface area contributed by atoms with E-state index in [2.05, 4.69) is 20.0 Å². The highest BCUT2D eigenvalue weighted by atomic mass is 33.1. The molecule has 0 fully saturated rings. The number of alkyl halides is 6. The molecule has 3 N–H and O–H groups in total. The SMILES string of the molecule is COc1ncc(C(=O)NCCSSCCC(=O)O)c(C(F)(F)F)n1.O=C(O)C(F)(F)F. The average Bonchev–Trinajstić information content (AvgIpc) is 2.65. The van der Waals surface area contributed by atoms with Crippen molar-refractivity contribution < 1.29 is 55.7 Å². The molecule has 1 amide bonds. The summed E-state index contributed by atoms with van der Waals surface area (Å²) in [6, 6.07) is -0.482. The molecule has 0 aliphatic heterocycles. The number of methoxy groups -OCH3 is 1. The van der Waals surface area contributed by atoms with Gasteiger partial charge < -0.3 is 20.3 Å². The van der Waals surface area contributed by atoms with E-state index in [0.29, 0.717) is 11.5 Å². The van der Waals surface area contributed by atoms with E-state index >= 15 is 0 Å². The van der Waals surface area contributed by atoms with Gasteiger partial charge in [-0.2, -0.15) is 31.3 Å². The number of hydrogen-bond donors (Lipinski definition) is 3. The first kappa shape index (κ1) is 28.6. The monoisotopic (exact) mass is 499 g/mol. The minimum atomic E-state index is -5.08. The average molecular weight is 499 g/mol. The normalized spacial score (nSPS) is 11.2. The molecule has 0 aromatic carbocycles. The summed E-state index contributed by atoms with van der Waals surface area (Å²) in [5.41, 5.74) is -2.05. The minimum Gasteiger partial charge on any atom is -0.481 e. The number of aliphatic carboxylic acids is 2. The van der Waals surface area contributed by atoms with Crippen LogP contribution in [0.2, 0.25) is 0 Å². The molecule has 0 bridgehead atoms. The Morgan fingerprint density at radius 3 is 2.10 bits per heavy atom. The first-order chi connectivity index (χ1) is 14.2. The Morgan fingerprint density at radius 1 is 1.10 bits per heavy atom. The predicted molar refractivity (Wildman–Crippen MR) is 96.8 cm³/mol. The highest BCUT2D eigenvalue weighted by molar-refractivity contribution is 8.76. The molecule has 0 aliphatic rings. The van der Waals surface area contributed by atoms with Crippen LogP contribution in [-0.2, 0) is 15.8 Å². The molecule has 0 saturated carbocycles. The van der Waals surface area contributed by atoms with E-state index in [1.165, 1.54) is 21.6 Å². The summed E-state index contributed by atoms with van der Waals surface area (Å²) in [5, 5.41) is 17.9. The molecule has 1 aromatic heterocycles. The molecule has 0 spiro atoms. The molecule has 9 nitrogen and oxygen atoms in total. The van der Waals surface area contributed by atoms with Gasteiger partial charge in [-0.25, -0.2) is 9.78 Å². The van der Waals surface area contributed by atoms with E-state index in [1.807, 2.05) is 0 Å². The van der Waals surface area contributed by atoms with E-state index in [1.54, 1.807) is 0 Å². The first-order valence-corrected chi connectivity index (χ1v) is 10.2. The fourth-order valence-corrected chi connectivity index (χ4v) is 3.28. The Labute approximate surface area is 178 Å². The number of halogens is 6. The highest BCUT2D eigenvalue weighted by Crippen LogP contribution is 2.31. The van der Waals surface area contributed by atoms with Gasteiger partial charge in [-0.15, -0.1) is 0 Å². The van der Waals surface area contributed by atoms with Crippen LogP contribution in [-0.4, -0.2) is 69.4 Å². The van der Waals surface area contributed by atoms with Crippen molar-refractivity contribution in [3.8, 4) is 6.01 Å². The van der Waals surface area contributed by atoms with Gasteiger partial charge in [-0.1, -0.05) is 21.6 Å². The van der Waals surface area contributed by atoms with Gasteiger partial charge >= 0.3 is 30.3 Å². The first-order valence-electron chi connectivity index (χ1n) is 7.72. The Kier molecular flexibility index (Phi) is 12.1. The van der Waals surface area contributed by atoms with Crippen molar-refractivity contribution in [1.29, 1.82) is 0 Å². The third-order valence-electron chi connectivity index (χ3n) is 2.66. The number of carboxylic acid groups (broad SMARTS) is 2. The van der Waals surface area contributed by atoms with Crippen molar-refractivity contribution in [2.75, 3.05) is 25.2 Å². The zero-order valence-electron chi connectivity index (χ0n) is 15.4. The van der Waals surface area contributed by atoms with Gasteiger partial charge in [0.15, 0.2) is 5.69 Å². The second-order valence-electron chi connectivity index (χ2n) is 4.96. The molecule has 176 valence electrons. The zero-order chi connectivity index (χ0) is 24.2. The minimum absolute atomic E-state index is 0.0160. The van der Waals surface area contributed by atoms with Crippen LogP contribution in [0.4, 0.5) is 26.3 Å². The van der Waals surface area contributed by atoms with Crippen molar-refractivity contribution in [3.05, 3.63) is 17.5 Å². The van der Waals surface area contributed by atoms with E-state index in [0.717, 1.165) is 13.3 Å². The van der Waals surface area contributed by atoms with E-state index in [9.17, 15) is 35.9 Å². The lowest BCUT2D eigenvalue weighted by Gasteiger charge is -2.12. The van der Waals surface area contributed by atoms with Gasteiger partial charge in [0, 0.05) is 24.2 Å². The van der Waals surface area contributed by atoms with Crippen LogP contribution in [0.1, 0.15) is 22.5 Å². The molecule has 0 radical (unpaired) electrons. The molecule has 1 rings (SSSR count). The molecule has 0 saturated heterocycles. The molecule has 1 aromatic rings. The molecule has 17 heteroatoms. The van der Waals surface area contributed by atoms with Crippen molar-refractivity contribution in [2.45, 2.75) is 18.8 Å². The molecular weight excluding hydrogens is 484 g/mol. The Balaban J connectivity index is 0.00000110. The Morgan fingerprint density at radius 2 is 1.65 bits per heavy atom. The standard InChI is InChI=1S/C12H14F3N3O4S2.C2HF3O2/c1-22-11-17-6-7(9(18-11)12(13,14)15)10(21)16-3-5-24-23-4-2-8(19)20;3-2(4,5)1(6)7/h6H,2-5H2,1H3,(H,16,21)(H,19,20);(H,6,7). The molecule has 31 heavy (non-hydrogen) atoms. The summed E-state index contributed by atoms with van der Waals surface area (Å²) in [5.74, 6) is -3.79. The van der Waals surface area contributed by atoms with Crippen molar-refractivity contribution in [3.63, 3.8) is 0 Å². The fraction of sp³-hybridized carbons (Fsp3) is 0.500. The number of hydrogen-bond acceptors (Lipinski definition) is 8. The van der Waals surface area contributed by atoms with Crippen LogP contribution in [0, 0.1) is 0 Å². The van der Waals surface area contributed by atoms with Gasteiger partial charge in [0.1, 0.15) is 0 Å². The molecular formula is C14H15F6N3O6S2. The lowest BCUT2D eigenvalue weighted by atomic mass is 10.2. The predicted octanol–water partition coefficient (Wildman–Crippen LogP) is 2.72. The second-order valence-corrected chi connectivity index (χ2v) is 7.67. The lowest BCUT2D eigenvalue weighted by Crippen LogP contribution is -2.29. The number of aromatic nitrogens is 2. The quantitative estimate of drug-likeness (QED) is 0.264. The fourth-order valence-electron chi connectivity index (χ4n) is 1.39. The molecule has 1 heterocycles. The van der Waals surface area contributed by atoms with Crippen molar-refractivity contribution >= 4 is 39.4 Å². The van der Waals surface area contributed by atoms with Crippen LogP contribution in [0.25, 0.3) is 0 Å². The number of nitrogens with one attached hydrogen (secondary N) is 1. The largest absolute Gasteiger partial charge is 0.490 e. The summed E-state index contributed by atoms with van der Waals surface area (Å²) in [6.07, 6.45) is -9.12. The summed E-state index contributed by atoms with van der Waals surface area (Å²) >= 11 is 0. The van der Waals surface area contributed by atoms with E-state index in [4.69, 9.17) is 15.0 Å². The van der Waals surface area contributed by atoms with Gasteiger partial charge in [-0.3, -0.25) is 9.59 Å². The number of nitrogens with zero attached hydrogens (tertiary/aromatic N) is 2. The number of rotatable bonds is 9. The van der Waals surface area contributed by atoms with Gasteiger partial charge in [-0.05, 0) is 0 Å². The van der Waals surface area contributed by atoms with E-state index < -0.39 is 47.5 Å². The van der Waals surface area contributed by atoms with Crippen LogP contribution in [0.5, 0.6) is 6.01 Å². The smallest absolute Gasteiger partial charge is 0.481 e. The number of carbonyl (C=O) groups is 3. The van der Waals surface area contributed by atoms with E-state index in [-0.39, 0.29) is 13.0 Å². The van der Waals surface area contributed by atoms with Gasteiger partial charge in [0.25, 0.3) is 5.91 Å². The third kappa shape index (κ3) is 12.1. The number of carboxylic acids is 2. The summed E-state index contributed by atoms with van der Waals surface area (Å²) in [7, 11) is 3.74. The third-order valence-corrected chi connectivity index (χ3v) is 5.07. The molecule has 0 unspecified atom stereocenters. The van der Waals surface area contributed by atoms with Crippen LogP contribution in [0.15, 0.2) is 6.20 Å². The Bertz CT molecular complexity index is 763. The summed E-state index contributed by atoms with van der Waals surface area (Å²) < 4.78 is 75.1. The summed E-state index contributed by atoms with van der Waals surface area (Å²) in [4.78, 5) is 37.8. The number of carbonyl (C=O) groups excluding carboxylic acids is 1. The highest BCUT2D eigenvalue weighted by Gasteiger charge is 2.39. The van der Waals surface area contributed by atoms with Crippen LogP contribution < -0.4 is 10.1 Å². The van der Waals surface area contributed by atoms with Crippen LogP contribution in [0.3, 0.4) is 0 Å². The van der Waals surface area contributed by atoms with Gasteiger partial charge in [0.05, 0.1) is 19.1 Å². The lowest BCUT2D eigenvalue weighted by molar-refractivity contribution is -0.192. The van der Waals surface area contributed by atoms with Crippen molar-refractivity contribution in [1.82, 2.24) is 15.3 Å². The molecule has 0 atom stereocenters.